The summed E-state index contributed by atoms with van der Waals surface area (Å²) in [6.45, 7) is 5.54. The molecule has 1 N–H and O–H groups in total. The Labute approximate surface area is 126 Å². The number of rotatable bonds is 3. The molecule has 0 bridgehead atoms. The van der Waals surface area contributed by atoms with E-state index in [9.17, 15) is 9.59 Å². The van der Waals surface area contributed by atoms with Crippen LogP contribution in [0.25, 0.3) is 0 Å². The molecule has 1 amide bonds. The number of amides is 1. The van der Waals surface area contributed by atoms with E-state index in [1.54, 1.807) is 4.90 Å². The van der Waals surface area contributed by atoms with Crippen molar-refractivity contribution < 1.29 is 19.4 Å². The second-order valence-corrected chi connectivity index (χ2v) is 5.92. The fourth-order valence-electron chi connectivity index (χ4n) is 3.39. The maximum atomic E-state index is 11.8. The lowest BCUT2D eigenvalue weighted by Gasteiger charge is -2.35. The van der Waals surface area contributed by atoms with E-state index in [2.05, 4.69) is 4.90 Å². The Hall–Kier alpha value is -1.30. The lowest BCUT2D eigenvalue weighted by atomic mass is 9.85. The van der Waals surface area contributed by atoms with Gasteiger partial charge in [-0.25, -0.2) is 4.79 Å². The van der Waals surface area contributed by atoms with Gasteiger partial charge in [-0.05, 0) is 39.0 Å². The normalized spacial score (nSPS) is 28.0. The topological polar surface area (TPSA) is 70.1 Å². The van der Waals surface area contributed by atoms with Gasteiger partial charge in [-0.1, -0.05) is 0 Å². The third kappa shape index (κ3) is 4.33. The molecule has 2 aliphatic rings. The summed E-state index contributed by atoms with van der Waals surface area (Å²) in [6, 6.07) is 0.475. The molecule has 2 fully saturated rings. The van der Waals surface area contributed by atoms with Gasteiger partial charge in [-0.2, -0.15) is 0 Å². The smallest absolute Gasteiger partial charge is 0.409 e. The molecule has 6 nitrogen and oxygen atoms in total. The Morgan fingerprint density at radius 1 is 1.10 bits per heavy atom. The van der Waals surface area contributed by atoms with E-state index in [0.29, 0.717) is 19.2 Å². The highest BCUT2D eigenvalue weighted by Gasteiger charge is 2.30. The predicted octanol–water partition coefficient (Wildman–Crippen LogP) is 1.79. The maximum Gasteiger partial charge on any atom is 0.409 e. The molecule has 0 aromatic rings. The average molecular weight is 298 g/mol. The number of ether oxygens (including phenoxy) is 1. The van der Waals surface area contributed by atoms with E-state index >= 15 is 0 Å². The second-order valence-electron chi connectivity index (χ2n) is 5.92. The van der Waals surface area contributed by atoms with Crippen LogP contribution in [0.15, 0.2) is 0 Å². The molecule has 0 aromatic heterocycles. The summed E-state index contributed by atoms with van der Waals surface area (Å²) in [7, 11) is 0. The summed E-state index contributed by atoms with van der Waals surface area (Å²) in [4.78, 5) is 27.0. The minimum absolute atomic E-state index is 0.163. The first-order valence-corrected chi connectivity index (χ1v) is 8.00. The SMILES string of the molecule is CCOC(=O)N1CCCN(C2CCC(C(=O)O)CC2)CC1. The van der Waals surface area contributed by atoms with Gasteiger partial charge in [-0.3, -0.25) is 9.69 Å². The van der Waals surface area contributed by atoms with Crippen molar-refractivity contribution >= 4 is 12.1 Å². The molecule has 0 unspecified atom stereocenters. The largest absolute Gasteiger partial charge is 0.481 e. The molecule has 1 heterocycles. The highest BCUT2D eigenvalue weighted by Crippen LogP contribution is 2.28. The number of carboxylic acid groups (broad SMARTS) is 1. The van der Waals surface area contributed by atoms with E-state index in [1.165, 1.54) is 0 Å². The van der Waals surface area contributed by atoms with Crippen LogP contribution in [0.4, 0.5) is 4.79 Å². The zero-order chi connectivity index (χ0) is 15.2. The van der Waals surface area contributed by atoms with Crippen molar-refractivity contribution in [1.29, 1.82) is 0 Å². The van der Waals surface area contributed by atoms with Crippen molar-refractivity contribution in [3.63, 3.8) is 0 Å². The lowest BCUT2D eigenvalue weighted by molar-refractivity contribution is -0.143. The summed E-state index contributed by atoms with van der Waals surface area (Å²) in [5.41, 5.74) is 0. The number of hydrogen-bond acceptors (Lipinski definition) is 4. The van der Waals surface area contributed by atoms with Crippen molar-refractivity contribution in [3.05, 3.63) is 0 Å². The zero-order valence-corrected chi connectivity index (χ0v) is 12.8. The number of carbonyl (C=O) groups is 2. The van der Waals surface area contributed by atoms with E-state index in [-0.39, 0.29) is 12.0 Å². The highest BCUT2D eigenvalue weighted by molar-refractivity contribution is 5.70. The maximum absolute atomic E-state index is 11.8. The Kier molecular flexibility index (Phi) is 5.85. The van der Waals surface area contributed by atoms with Crippen LogP contribution < -0.4 is 0 Å². The van der Waals surface area contributed by atoms with Crippen LogP contribution in [0, 0.1) is 5.92 Å². The molecule has 6 heteroatoms. The van der Waals surface area contributed by atoms with Crippen LogP contribution in [-0.4, -0.2) is 65.8 Å². The monoisotopic (exact) mass is 298 g/mol. The zero-order valence-electron chi connectivity index (χ0n) is 12.8. The fraction of sp³-hybridized carbons (Fsp3) is 0.867. The quantitative estimate of drug-likeness (QED) is 0.860. The first-order chi connectivity index (χ1) is 10.1. The molecule has 21 heavy (non-hydrogen) atoms. The summed E-state index contributed by atoms with van der Waals surface area (Å²) >= 11 is 0. The molecular weight excluding hydrogens is 272 g/mol. The summed E-state index contributed by atoms with van der Waals surface area (Å²) < 4.78 is 5.06. The third-order valence-corrected chi connectivity index (χ3v) is 4.62. The van der Waals surface area contributed by atoms with Gasteiger partial charge in [0, 0.05) is 32.2 Å². The standard InChI is InChI=1S/C15H26N2O4/c1-2-21-15(20)17-9-3-8-16(10-11-17)13-6-4-12(5-7-13)14(18)19/h12-13H,2-11H2,1H3,(H,18,19). The van der Waals surface area contributed by atoms with Gasteiger partial charge in [0.15, 0.2) is 0 Å². The van der Waals surface area contributed by atoms with Crippen LogP contribution in [-0.2, 0) is 9.53 Å². The van der Waals surface area contributed by atoms with Gasteiger partial charge in [-0.15, -0.1) is 0 Å². The van der Waals surface area contributed by atoms with Crippen LogP contribution >= 0.6 is 0 Å². The molecular formula is C15H26N2O4. The molecule has 0 spiro atoms. The van der Waals surface area contributed by atoms with Gasteiger partial charge in [0.05, 0.1) is 12.5 Å². The Morgan fingerprint density at radius 2 is 1.81 bits per heavy atom. The number of carboxylic acids is 1. The minimum atomic E-state index is -0.655. The average Bonchev–Trinajstić information content (AvgIpc) is 2.73. The summed E-state index contributed by atoms with van der Waals surface area (Å²) in [6.07, 6.45) is 4.20. The Balaban J connectivity index is 1.81. The van der Waals surface area contributed by atoms with Crippen molar-refractivity contribution in [2.24, 2.45) is 5.92 Å². The number of carbonyl (C=O) groups excluding carboxylic acids is 1. The van der Waals surface area contributed by atoms with Crippen LogP contribution in [0.1, 0.15) is 39.0 Å². The third-order valence-electron chi connectivity index (χ3n) is 4.62. The fourth-order valence-corrected chi connectivity index (χ4v) is 3.39. The van der Waals surface area contributed by atoms with Gasteiger partial charge < -0.3 is 14.7 Å². The van der Waals surface area contributed by atoms with Gasteiger partial charge >= 0.3 is 12.1 Å². The van der Waals surface area contributed by atoms with Crippen molar-refractivity contribution in [2.75, 3.05) is 32.8 Å². The number of nitrogens with zero attached hydrogens (tertiary/aromatic N) is 2. The molecule has 1 aliphatic heterocycles. The Morgan fingerprint density at radius 3 is 2.43 bits per heavy atom. The Bertz CT molecular complexity index is 367. The molecule has 0 atom stereocenters. The molecule has 0 radical (unpaired) electrons. The summed E-state index contributed by atoms with van der Waals surface area (Å²) in [5.74, 6) is -0.818. The molecule has 1 saturated heterocycles. The predicted molar refractivity (Wildman–Crippen MR) is 78.2 cm³/mol. The van der Waals surface area contributed by atoms with Crippen molar-refractivity contribution in [1.82, 2.24) is 9.80 Å². The van der Waals surface area contributed by atoms with Gasteiger partial charge in [0.2, 0.25) is 0 Å². The van der Waals surface area contributed by atoms with Crippen LogP contribution in [0.5, 0.6) is 0 Å². The molecule has 120 valence electrons. The van der Waals surface area contributed by atoms with E-state index < -0.39 is 5.97 Å². The first kappa shape index (κ1) is 16.1. The van der Waals surface area contributed by atoms with Crippen LogP contribution in [0.3, 0.4) is 0 Å². The summed E-state index contributed by atoms with van der Waals surface area (Å²) in [5, 5.41) is 9.05. The second kappa shape index (κ2) is 7.64. The van der Waals surface area contributed by atoms with Crippen molar-refractivity contribution in [3.8, 4) is 0 Å². The molecule has 0 aromatic carbocycles. The van der Waals surface area contributed by atoms with Gasteiger partial charge in [0.1, 0.15) is 0 Å². The van der Waals surface area contributed by atoms with E-state index in [1.807, 2.05) is 6.92 Å². The van der Waals surface area contributed by atoms with E-state index in [4.69, 9.17) is 9.84 Å². The first-order valence-electron chi connectivity index (χ1n) is 8.00. The molecule has 1 saturated carbocycles. The van der Waals surface area contributed by atoms with Crippen LogP contribution in [0.2, 0.25) is 0 Å². The number of hydrogen-bond donors (Lipinski definition) is 1. The molecule has 1 aliphatic carbocycles. The van der Waals surface area contributed by atoms with E-state index in [0.717, 1.165) is 51.7 Å². The molecule has 2 rings (SSSR count). The number of aliphatic carboxylic acids is 1. The lowest BCUT2D eigenvalue weighted by Crippen LogP contribution is -2.42. The highest BCUT2D eigenvalue weighted by atomic mass is 16.6. The van der Waals surface area contributed by atoms with Gasteiger partial charge in [0.25, 0.3) is 0 Å². The van der Waals surface area contributed by atoms with Crippen molar-refractivity contribution in [2.45, 2.75) is 45.1 Å². The minimum Gasteiger partial charge on any atom is -0.481 e.